The van der Waals surface area contributed by atoms with Crippen molar-refractivity contribution in [1.82, 2.24) is 4.90 Å². The maximum Gasteiger partial charge on any atom is 0.410 e. The molecule has 2 aliphatic heterocycles. The van der Waals surface area contributed by atoms with Crippen LogP contribution < -0.4 is 0 Å². The summed E-state index contributed by atoms with van der Waals surface area (Å²) in [6.45, 7) is 5.50. The second-order valence-corrected chi connectivity index (χ2v) is 12.1. The van der Waals surface area contributed by atoms with Gasteiger partial charge >= 0.3 is 6.09 Å². The molecular weight excluding hydrogens is 370 g/mol. The van der Waals surface area contributed by atoms with Crippen LogP contribution in [0.4, 0.5) is 4.79 Å². The minimum Gasteiger partial charge on any atom is -0.445 e. The van der Waals surface area contributed by atoms with Gasteiger partial charge in [0.2, 0.25) is 0 Å². The third kappa shape index (κ3) is 2.95. The lowest BCUT2D eigenvalue weighted by atomic mass is 9.39. The fourth-order valence-electron chi connectivity index (χ4n) is 9.11. The topological polar surface area (TPSA) is 29.5 Å². The van der Waals surface area contributed by atoms with E-state index in [4.69, 9.17) is 4.74 Å². The van der Waals surface area contributed by atoms with Gasteiger partial charge < -0.3 is 4.74 Å². The van der Waals surface area contributed by atoms with Gasteiger partial charge in [-0.3, -0.25) is 4.90 Å². The van der Waals surface area contributed by atoms with Crippen molar-refractivity contribution >= 4 is 6.09 Å². The number of benzene rings is 1. The molecule has 4 unspecified atom stereocenters. The van der Waals surface area contributed by atoms with Crippen LogP contribution in [0.5, 0.6) is 0 Å². The highest BCUT2D eigenvalue weighted by Gasteiger charge is 2.61. The van der Waals surface area contributed by atoms with Crippen molar-refractivity contribution in [3.63, 3.8) is 0 Å². The number of hydrogen-bond acceptors (Lipinski definition) is 2. The first-order chi connectivity index (χ1) is 14.4. The minimum atomic E-state index is -0.119. The van der Waals surface area contributed by atoms with Crippen LogP contribution in [0.1, 0.15) is 77.2 Å². The molecule has 7 rings (SSSR count). The number of carbonyl (C=O) groups is 1. The SMILES string of the molecule is CC12CC3CC(C)(C1)CC(C1=CC4CCC(C1)N4C(=O)OCc1ccccc1)(C3)C2. The van der Waals surface area contributed by atoms with Crippen LogP contribution in [-0.2, 0) is 11.3 Å². The Morgan fingerprint density at radius 2 is 1.77 bits per heavy atom. The number of ether oxygens (including phenoxy) is 1. The van der Waals surface area contributed by atoms with Gasteiger partial charge in [0.05, 0.1) is 6.04 Å². The first kappa shape index (κ1) is 19.0. The lowest BCUT2D eigenvalue weighted by Gasteiger charge is -2.66. The number of carbonyl (C=O) groups excluding carboxylic acids is 1. The zero-order valence-electron chi connectivity index (χ0n) is 18.5. The van der Waals surface area contributed by atoms with Gasteiger partial charge in [-0.25, -0.2) is 4.79 Å². The van der Waals surface area contributed by atoms with Crippen LogP contribution >= 0.6 is 0 Å². The molecule has 4 saturated carbocycles. The molecule has 3 heteroatoms. The molecule has 2 heterocycles. The number of amides is 1. The van der Waals surface area contributed by atoms with Crippen molar-refractivity contribution in [3.8, 4) is 0 Å². The third-order valence-corrected chi connectivity index (χ3v) is 9.12. The summed E-state index contributed by atoms with van der Waals surface area (Å²) < 4.78 is 5.72. The lowest BCUT2D eigenvalue weighted by molar-refractivity contribution is -0.131. The van der Waals surface area contributed by atoms with E-state index in [-0.39, 0.29) is 12.1 Å². The summed E-state index contributed by atoms with van der Waals surface area (Å²) in [6.07, 6.45) is 14.2. The summed E-state index contributed by atoms with van der Waals surface area (Å²) in [7, 11) is 0. The summed E-state index contributed by atoms with van der Waals surface area (Å²) >= 11 is 0. The molecule has 0 N–H and O–H groups in total. The van der Waals surface area contributed by atoms with Gasteiger partial charge in [0.25, 0.3) is 0 Å². The van der Waals surface area contributed by atoms with Crippen molar-refractivity contribution in [1.29, 1.82) is 0 Å². The van der Waals surface area contributed by atoms with E-state index in [9.17, 15) is 4.79 Å². The number of hydrogen-bond donors (Lipinski definition) is 0. The summed E-state index contributed by atoms with van der Waals surface area (Å²) in [5.41, 5.74) is 4.27. The summed E-state index contributed by atoms with van der Waals surface area (Å²) in [6, 6.07) is 10.6. The maximum absolute atomic E-state index is 13.0. The predicted octanol–water partition coefficient (Wildman–Crippen LogP) is 6.48. The van der Waals surface area contributed by atoms with E-state index in [1.54, 1.807) is 5.57 Å². The Morgan fingerprint density at radius 1 is 1.03 bits per heavy atom. The van der Waals surface area contributed by atoms with Crippen molar-refractivity contribution in [2.24, 2.45) is 22.2 Å². The van der Waals surface area contributed by atoms with Gasteiger partial charge in [0.15, 0.2) is 0 Å². The molecule has 1 aromatic carbocycles. The quantitative estimate of drug-likeness (QED) is 0.538. The van der Waals surface area contributed by atoms with E-state index in [0.717, 1.165) is 30.7 Å². The Bertz CT molecular complexity index is 871. The van der Waals surface area contributed by atoms with Crippen LogP contribution in [-0.4, -0.2) is 23.1 Å². The molecule has 1 aromatic rings. The molecule has 4 aliphatic carbocycles. The van der Waals surface area contributed by atoms with Crippen LogP contribution in [0.15, 0.2) is 42.0 Å². The normalized spacial score (nSPS) is 43.6. The van der Waals surface area contributed by atoms with E-state index < -0.39 is 0 Å². The zero-order valence-corrected chi connectivity index (χ0v) is 18.5. The molecule has 160 valence electrons. The monoisotopic (exact) mass is 405 g/mol. The molecule has 1 amide bonds. The van der Waals surface area contributed by atoms with E-state index in [1.807, 2.05) is 30.3 Å². The van der Waals surface area contributed by atoms with E-state index in [1.165, 1.54) is 38.5 Å². The van der Waals surface area contributed by atoms with E-state index in [2.05, 4.69) is 24.8 Å². The zero-order chi connectivity index (χ0) is 20.6. The van der Waals surface area contributed by atoms with Gasteiger partial charge in [-0.15, -0.1) is 0 Å². The molecule has 5 fully saturated rings. The summed E-state index contributed by atoms with van der Waals surface area (Å²) in [5.74, 6) is 0.920. The first-order valence-electron chi connectivity index (χ1n) is 12.1. The highest BCUT2D eigenvalue weighted by Crippen LogP contribution is 2.72. The van der Waals surface area contributed by atoms with Gasteiger partial charge in [-0.1, -0.05) is 55.8 Å². The smallest absolute Gasteiger partial charge is 0.410 e. The lowest BCUT2D eigenvalue weighted by Crippen LogP contribution is -2.56. The van der Waals surface area contributed by atoms with Crippen LogP contribution in [0.3, 0.4) is 0 Å². The highest BCUT2D eigenvalue weighted by atomic mass is 16.6. The second-order valence-electron chi connectivity index (χ2n) is 12.1. The maximum atomic E-state index is 13.0. The van der Waals surface area contributed by atoms with Gasteiger partial charge in [0.1, 0.15) is 6.61 Å². The molecule has 1 saturated heterocycles. The third-order valence-electron chi connectivity index (χ3n) is 9.12. The molecule has 6 bridgehead atoms. The Balaban J connectivity index is 1.22. The van der Waals surface area contributed by atoms with Crippen LogP contribution in [0.2, 0.25) is 0 Å². The molecular formula is C27H35NO2. The summed E-state index contributed by atoms with van der Waals surface area (Å²) in [5, 5.41) is 0. The molecule has 3 nitrogen and oxygen atoms in total. The molecule has 6 aliphatic rings. The Kier molecular flexibility index (Phi) is 4.03. The molecule has 0 spiro atoms. The van der Waals surface area contributed by atoms with Crippen molar-refractivity contribution in [3.05, 3.63) is 47.5 Å². The average molecular weight is 406 g/mol. The number of nitrogens with zero attached hydrogens (tertiary/aromatic N) is 1. The van der Waals surface area contributed by atoms with E-state index in [0.29, 0.717) is 28.9 Å². The predicted molar refractivity (Wildman–Crippen MR) is 118 cm³/mol. The van der Waals surface area contributed by atoms with Crippen LogP contribution in [0.25, 0.3) is 0 Å². The first-order valence-corrected chi connectivity index (χ1v) is 12.1. The standard InChI is InChI=1S/C27H35NO2/c1-25-12-20-13-26(2,16-25)18-27(14-20,17-25)21-10-22-8-9-23(11-21)28(22)24(29)30-15-19-6-4-3-5-7-19/h3-7,10,20,22-23H,8-9,11-18H2,1-2H3. The fraction of sp³-hybridized carbons (Fsp3) is 0.667. The van der Waals surface area contributed by atoms with Gasteiger partial charge in [0, 0.05) is 6.04 Å². The van der Waals surface area contributed by atoms with Crippen molar-refractivity contribution in [2.75, 3.05) is 0 Å². The molecule has 0 aromatic heterocycles. The highest BCUT2D eigenvalue weighted by molar-refractivity contribution is 5.70. The second kappa shape index (κ2) is 6.37. The van der Waals surface area contributed by atoms with Crippen LogP contribution in [0, 0.1) is 22.2 Å². The minimum absolute atomic E-state index is 0.119. The average Bonchev–Trinajstić information content (AvgIpc) is 2.93. The van der Waals surface area contributed by atoms with Crippen molar-refractivity contribution < 1.29 is 9.53 Å². The van der Waals surface area contributed by atoms with Crippen molar-refractivity contribution in [2.45, 2.75) is 90.3 Å². The number of rotatable bonds is 3. The van der Waals surface area contributed by atoms with Gasteiger partial charge in [-0.2, -0.15) is 0 Å². The summed E-state index contributed by atoms with van der Waals surface area (Å²) in [4.78, 5) is 15.0. The molecule has 30 heavy (non-hydrogen) atoms. The Labute approximate surface area is 180 Å². The molecule has 0 radical (unpaired) electrons. The Morgan fingerprint density at radius 3 is 2.43 bits per heavy atom. The number of fused-ring (bicyclic) bond motifs is 2. The van der Waals surface area contributed by atoms with E-state index >= 15 is 0 Å². The molecule has 4 atom stereocenters. The van der Waals surface area contributed by atoms with Gasteiger partial charge in [-0.05, 0) is 85.5 Å². The largest absolute Gasteiger partial charge is 0.445 e. The Hall–Kier alpha value is -1.77. The fourth-order valence-corrected chi connectivity index (χ4v) is 9.11.